The maximum absolute atomic E-state index is 14.0. The van der Waals surface area contributed by atoms with E-state index in [2.05, 4.69) is 51.9 Å². The van der Waals surface area contributed by atoms with Crippen molar-refractivity contribution in [2.75, 3.05) is 37.6 Å². The SMILES string of the molecule is CNC(=O)c1nc(Br)ccc1Nc1nc(Nc2ccc(CCCC[P+](=O)OCC3(Cn4cc(B5OC(C)(C)C(C)(C)O5)cn4)CC3)cc2OC)ncc1C(F)(F)F. The highest BCUT2D eigenvalue weighted by Crippen LogP contribution is 2.49. The molecule has 1 unspecified atom stereocenters. The first-order chi connectivity index (χ1) is 26.9. The topological polar surface area (TPSA) is 164 Å². The number of nitrogens with one attached hydrogen (secondary N) is 3. The lowest BCUT2D eigenvalue weighted by Crippen LogP contribution is -2.41. The molecule has 1 aliphatic heterocycles. The smallest absolute Gasteiger partial charge is 0.495 e. The van der Waals surface area contributed by atoms with Gasteiger partial charge in [-0.15, -0.1) is 4.52 Å². The standard InChI is InChI=1S/C37H44BBrF3N8O6P/c1-34(2)35(3,4)56-38(55-34)24-18-45-50(20-24)21-36(14-15-36)22-54-57(52)16-8-7-9-23-10-11-26(28(17-23)53-6)47-33-44-19-25(37(40,41)42)31(49-33)46-27-12-13-29(39)48-30(27)32(51)43-5/h10-13,17-20H,7-9,14-16,21-22H2,1-6H3,(H2-,43,44,46,47,49,51)/p+1. The van der Waals surface area contributed by atoms with Crippen LogP contribution < -0.4 is 26.2 Å². The first-order valence-electron chi connectivity index (χ1n) is 18.4. The first-order valence-corrected chi connectivity index (χ1v) is 20.6. The highest BCUT2D eigenvalue weighted by molar-refractivity contribution is 9.10. The van der Waals surface area contributed by atoms with E-state index >= 15 is 0 Å². The fraction of sp³-hybridized carbons (Fsp3) is 0.486. The summed E-state index contributed by atoms with van der Waals surface area (Å²) in [7, 11) is 0.551. The summed E-state index contributed by atoms with van der Waals surface area (Å²) in [6.45, 7) is 9.13. The van der Waals surface area contributed by atoms with E-state index in [1.807, 2.05) is 50.7 Å². The van der Waals surface area contributed by atoms with Gasteiger partial charge in [-0.3, -0.25) is 9.48 Å². The molecule has 6 rings (SSSR count). The van der Waals surface area contributed by atoms with Crippen molar-refractivity contribution < 1.29 is 41.1 Å². The molecule has 14 nitrogen and oxygen atoms in total. The number of unbranched alkanes of at least 4 members (excludes halogenated alkanes) is 1. The summed E-state index contributed by atoms with van der Waals surface area (Å²) in [5, 5.41) is 12.5. The lowest BCUT2D eigenvalue weighted by atomic mass is 9.82. The number of rotatable bonds is 17. The molecular formula is C37H45BBrF3N8O6P+. The van der Waals surface area contributed by atoms with Gasteiger partial charge in [0.05, 0.1) is 29.7 Å². The van der Waals surface area contributed by atoms with E-state index in [9.17, 15) is 22.5 Å². The monoisotopic (exact) mass is 875 g/mol. The molecule has 1 saturated carbocycles. The van der Waals surface area contributed by atoms with Crippen LogP contribution in [0.2, 0.25) is 0 Å². The van der Waals surface area contributed by atoms with Gasteiger partial charge in [0.2, 0.25) is 5.95 Å². The number of alkyl halides is 3. The zero-order valence-electron chi connectivity index (χ0n) is 32.5. The van der Waals surface area contributed by atoms with Gasteiger partial charge in [-0.1, -0.05) is 6.07 Å². The number of halogens is 4. The Morgan fingerprint density at radius 1 is 1.04 bits per heavy atom. The average molecular weight is 877 g/mol. The molecule has 3 aromatic heterocycles. The number of amides is 1. The normalized spacial score (nSPS) is 16.9. The molecule has 2 aliphatic rings. The van der Waals surface area contributed by atoms with Crippen LogP contribution in [-0.4, -0.2) is 75.9 Å². The maximum atomic E-state index is 14.0. The molecule has 1 amide bonds. The number of anilines is 4. The molecule has 2 fully saturated rings. The molecule has 1 saturated heterocycles. The van der Waals surface area contributed by atoms with Crippen molar-refractivity contribution in [3.63, 3.8) is 0 Å². The number of methoxy groups -OCH3 is 1. The molecule has 57 heavy (non-hydrogen) atoms. The van der Waals surface area contributed by atoms with Crippen molar-refractivity contribution >= 4 is 65.6 Å². The summed E-state index contributed by atoms with van der Waals surface area (Å²) in [5.41, 5.74) is 0.0229. The van der Waals surface area contributed by atoms with Gasteiger partial charge in [0.1, 0.15) is 28.3 Å². The zero-order valence-corrected chi connectivity index (χ0v) is 35.0. The maximum Gasteiger partial charge on any atom is 0.508 e. The first kappa shape index (κ1) is 42.5. The van der Waals surface area contributed by atoms with Crippen molar-refractivity contribution in [1.29, 1.82) is 0 Å². The van der Waals surface area contributed by atoms with Crippen LogP contribution in [0.3, 0.4) is 0 Å². The van der Waals surface area contributed by atoms with E-state index in [4.69, 9.17) is 18.6 Å². The minimum Gasteiger partial charge on any atom is -0.495 e. The third-order valence-electron chi connectivity index (χ3n) is 10.4. The van der Waals surface area contributed by atoms with Crippen LogP contribution in [0, 0.1) is 5.41 Å². The fourth-order valence-electron chi connectivity index (χ4n) is 6.09. The number of pyridine rings is 1. The average Bonchev–Trinajstić information content (AvgIpc) is 3.68. The number of hydrogen-bond acceptors (Lipinski definition) is 12. The number of hydrogen-bond donors (Lipinski definition) is 3. The van der Waals surface area contributed by atoms with Gasteiger partial charge < -0.3 is 30.0 Å². The number of aromatic nitrogens is 5. The molecular weight excluding hydrogens is 831 g/mol. The highest BCUT2D eigenvalue weighted by atomic mass is 79.9. The number of ether oxygens (including phenoxy) is 1. The third kappa shape index (κ3) is 10.3. The Hall–Kier alpha value is -4.16. The van der Waals surface area contributed by atoms with Gasteiger partial charge in [0, 0.05) is 43.1 Å². The predicted molar refractivity (Wildman–Crippen MR) is 213 cm³/mol. The summed E-state index contributed by atoms with van der Waals surface area (Å²) in [6, 6.07) is 8.29. The van der Waals surface area contributed by atoms with Crippen LogP contribution in [-0.2, 0) is 37.5 Å². The van der Waals surface area contributed by atoms with Crippen molar-refractivity contribution in [3.05, 3.63) is 70.3 Å². The predicted octanol–water partition coefficient (Wildman–Crippen LogP) is 7.57. The summed E-state index contributed by atoms with van der Waals surface area (Å²) >= 11 is 3.18. The number of nitrogens with zero attached hydrogens (tertiary/aromatic N) is 5. The number of benzene rings is 1. The highest BCUT2D eigenvalue weighted by Gasteiger charge is 2.52. The van der Waals surface area contributed by atoms with Crippen LogP contribution in [0.15, 0.2) is 53.5 Å². The molecule has 4 heterocycles. The van der Waals surface area contributed by atoms with Gasteiger partial charge in [0.25, 0.3) is 5.91 Å². The Morgan fingerprint density at radius 2 is 1.75 bits per heavy atom. The largest absolute Gasteiger partial charge is 0.508 e. The Kier molecular flexibility index (Phi) is 12.6. The van der Waals surface area contributed by atoms with Crippen molar-refractivity contribution in [1.82, 2.24) is 30.0 Å². The number of carbonyl (C=O) groups is 1. The van der Waals surface area contributed by atoms with Gasteiger partial charge >= 0.3 is 21.3 Å². The summed E-state index contributed by atoms with van der Waals surface area (Å²) in [4.78, 5) is 24.5. The minimum atomic E-state index is -4.79. The molecule has 20 heteroatoms. The number of carbonyl (C=O) groups excluding carboxylic acids is 1. The second-order valence-corrected chi connectivity index (χ2v) is 17.4. The van der Waals surface area contributed by atoms with Gasteiger partial charge in [0.15, 0.2) is 11.9 Å². The lowest BCUT2D eigenvalue weighted by Gasteiger charge is -2.32. The van der Waals surface area contributed by atoms with E-state index in [1.54, 1.807) is 12.3 Å². The van der Waals surface area contributed by atoms with Gasteiger partial charge in [-0.2, -0.15) is 23.3 Å². The fourth-order valence-corrected chi connectivity index (χ4v) is 7.43. The van der Waals surface area contributed by atoms with Crippen LogP contribution in [0.5, 0.6) is 5.75 Å². The Labute approximate surface area is 338 Å². The number of aryl methyl sites for hydroxylation is 1. The second-order valence-electron chi connectivity index (χ2n) is 15.2. The Morgan fingerprint density at radius 3 is 2.42 bits per heavy atom. The lowest BCUT2D eigenvalue weighted by molar-refractivity contribution is -0.137. The third-order valence-corrected chi connectivity index (χ3v) is 11.9. The quantitative estimate of drug-likeness (QED) is 0.0414. The van der Waals surface area contributed by atoms with E-state index in [-0.39, 0.29) is 22.7 Å². The summed E-state index contributed by atoms with van der Waals surface area (Å²) in [6.07, 6.45) is 4.07. The zero-order chi connectivity index (χ0) is 41.2. The van der Waals surface area contributed by atoms with E-state index < -0.39 is 49.8 Å². The Balaban J connectivity index is 0.995. The molecule has 0 spiro atoms. The molecule has 0 radical (unpaired) electrons. The van der Waals surface area contributed by atoms with Gasteiger partial charge in [-0.25, -0.2) is 9.97 Å². The van der Waals surface area contributed by atoms with Gasteiger partial charge in [-0.05, 0) is 110 Å². The minimum absolute atomic E-state index is 0.0109. The van der Waals surface area contributed by atoms with Crippen molar-refractivity contribution in [2.45, 2.75) is 83.7 Å². The summed E-state index contributed by atoms with van der Waals surface area (Å²) < 4.78 is 80.7. The second kappa shape index (κ2) is 17.0. The van der Waals surface area contributed by atoms with Crippen LogP contribution in [0.4, 0.5) is 36.3 Å². The van der Waals surface area contributed by atoms with Crippen molar-refractivity contribution in [3.8, 4) is 5.75 Å². The molecule has 1 aromatic carbocycles. The molecule has 1 atom stereocenters. The molecule has 4 aromatic rings. The van der Waals surface area contributed by atoms with E-state index in [0.29, 0.717) is 54.4 Å². The van der Waals surface area contributed by atoms with Crippen LogP contribution in [0.25, 0.3) is 0 Å². The van der Waals surface area contributed by atoms with Crippen LogP contribution in [0.1, 0.15) is 75.0 Å². The molecule has 304 valence electrons. The van der Waals surface area contributed by atoms with Crippen molar-refractivity contribution in [2.24, 2.45) is 5.41 Å². The molecule has 1 aliphatic carbocycles. The van der Waals surface area contributed by atoms with E-state index in [0.717, 1.165) is 30.3 Å². The van der Waals surface area contributed by atoms with E-state index in [1.165, 1.54) is 26.3 Å². The van der Waals surface area contributed by atoms with Crippen LogP contribution >= 0.6 is 24.0 Å². The molecule has 3 N–H and O–H groups in total. The summed E-state index contributed by atoms with van der Waals surface area (Å²) in [5.74, 6) is -0.903. The molecule has 0 bridgehead atoms. The Bertz CT molecular complexity index is 2100.